The van der Waals surface area contributed by atoms with Gasteiger partial charge in [-0.15, -0.1) is 10.2 Å². The Kier molecular flexibility index (Phi) is 4.93. The Hall–Kier alpha value is -1.92. The molecule has 0 aliphatic carbocycles. The van der Waals surface area contributed by atoms with E-state index in [0.29, 0.717) is 13.2 Å². The molecule has 1 aromatic carbocycles. The molecule has 2 heterocycles. The summed E-state index contributed by atoms with van der Waals surface area (Å²) in [5, 5.41) is 8.08. The first-order chi connectivity index (χ1) is 11.1. The van der Waals surface area contributed by atoms with E-state index in [0.717, 1.165) is 31.2 Å². The highest BCUT2D eigenvalue weighted by molar-refractivity contribution is 5.35. The molecule has 23 heavy (non-hydrogen) atoms. The number of benzene rings is 1. The molecule has 1 fully saturated rings. The van der Waals surface area contributed by atoms with Crippen molar-refractivity contribution in [2.75, 3.05) is 32.8 Å². The first-order valence-corrected chi connectivity index (χ1v) is 8.01. The van der Waals surface area contributed by atoms with Gasteiger partial charge in [-0.2, -0.15) is 0 Å². The number of morpholine rings is 1. The summed E-state index contributed by atoms with van der Waals surface area (Å²) < 4.78 is 13.7. The summed E-state index contributed by atoms with van der Waals surface area (Å²) in [7, 11) is 1.95. The molecule has 1 aliphatic heterocycles. The second-order valence-corrected chi connectivity index (χ2v) is 6.08. The Morgan fingerprint density at radius 3 is 3.00 bits per heavy atom. The molecule has 1 atom stereocenters. The van der Waals surface area contributed by atoms with Crippen molar-refractivity contribution < 1.29 is 9.47 Å². The monoisotopic (exact) mass is 316 g/mol. The van der Waals surface area contributed by atoms with E-state index in [9.17, 15) is 0 Å². The quantitative estimate of drug-likeness (QED) is 0.843. The number of rotatable bonds is 5. The molecule has 6 heteroatoms. The van der Waals surface area contributed by atoms with Crippen LogP contribution in [0.15, 0.2) is 24.5 Å². The molecule has 6 nitrogen and oxygen atoms in total. The molecule has 0 bridgehead atoms. The third-order valence-corrected chi connectivity index (χ3v) is 4.19. The van der Waals surface area contributed by atoms with E-state index in [2.05, 4.69) is 47.1 Å². The van der Waals surface area contributed by atoms with Gasteiger partial charge in [-0.05, 0) is 31.0 Å². The molecule has 1 saturated heterocycles. The highest BCUT2D eigenvalue weighted by Gasteiger charge is 2.25. The molecule has 0 radical (unpaired) electrons. The van der Waals surface area contributed by atoms with E-state index in [4.69, 9.17) is 9.47 Å². The largest absolute Gasteiger partial charge is 0.492 e. The van der Waals surface area contributed by atoms with E-state index in [1.165, 1.54) is 11.1 Å². The van der Waals surface area contributed by atoms with Gasteiger partial charge in [0.05, 0.1) is 6.61 Å². The first-order valence-electron chi connectivity index (χ1n) is 8.01. The third-order valence-electron chi connectivity index (χ3n) is 4.19. The maximum Gasteiger partial charge on any atom is 0.163 e. The molecule has 0 saturated carbocycles. The fraction of sp³-hybridized carbons (Fsp3) is 0.529. The molecule has 124 valence electrons. The standard InChI is InChI=1S/C17H24N4O2/c1-13-4-5-14(2)15(10-13)22-8-6-21-7-9-23-16(11-21)17-19-18-12-20(17)3/h4-5,10,12,16H,6-9,11H2,1-3H3/t16-/m0/s1. The number of ether oxygens (including phenoxy) is 2. The van der Waals surface area contributed by atoms with E-state index in [1.54, 1.807) is 6.33 Å². The average molecular weight is 316 g/mol. The number of nitrogens with zero attached hydrogens (tertiary/aromatic N) is 4. The van der Waals surface area contributed by atoms with Crippen molar-refractivity contribution in [2.24, 2.45) is 7.05 Å². The molecule has 0 unspecified atom stereocenters. The highest BCUT2D eigenvalue weighted by atomic mass is 16.5. The van der Waals surface area contributed by atoms with E-state index in [1.807, 2.05) is 11.6 Å². The van der Waals surface area contributed by atoms with Gasteiger partial charge in [-0.3, -0.25) is 4.90 Å². The van der Waals surface area contributed by atoms with E-state index < -0.39 is 0 Å². The van der Waals surface area contributed by atoms with Gasteiger partial charge in [0.1, 0.15) is 24.8 Å². The Bertz CT molecular complexity index is 656. The van der Waals surface area contributed by atoms with Gasteiger partial charge in [-0.1, -0.05) is 12.1 Å². The van der Waals surface area contributed by atoms with Crippen LogP contribution in [0.25, 0.3) is 0 Å². The van der Waals surface area contributed by atoms with Gasteiger partial charge in [0.2, 0.25) is 0 Å². The number of aromatic nitrogens is 3. The second kappa shape index (κ2) is 7.10. The minimum Gasteiger partial charge on any atom is -0.492 e. The van der Waals surface area contributed by atoms with Crippen molar-refractivity contribution in [1.29, 1.82) is 0 Å². The smallest absolute Gasteiger partial charge is 0.163 e. The molecule has 1 aromatic heterocycles. The topological polar surface area (TPSA) is 52.4 Å². The van der Waals surface area contributed by atoms with Crippen LogP contribution in [0.3, 0.4) is 0 Å². The minimum atomic E-state index is -0.0167. The van der Waals surface area contributed by atoms with Crippen LogP contribution < -0.4 is 4.74 Å². The summed E-state index contributed by atoms with van der Waals surface area (Å²) in [6.45, 7) is 8.17. The van der Waals surface area contributed by atoms with Crippen LogP contribution >= 0.6 is 0 Å². The maximum absolute atomic E-state index is 5.95. The van der Waals surface area contributed by atoms with Crippen molar-refractivity contribution in [2.45, 2.75) is 20.0 Å². The fourth-order valence-electron chi connectivity index (χ4n) is 2.79. The van der Waals surface area contributed by atoms with Crippen LogP contribution in [0.5, 0.6) is 5.75 Å². The van der Waals surface area contributed by atoms with Crippen LogP contribution in [0.1, 0.15) is 23.1 Å². The second-order valence-electron chi connectivity index (χ2n) is 6.08. The predicted molar refractivity (Wildman–Crippen MR) is 87.5 cm³/mol. The van der Waals surface area contributed by atoms with Crippen LogP contribution in [0, 0.1) is 13.8 Å². The Morgan fingerprint density at radius 1 is 1.35 bits per heavy atom. The molecule has 0 spiro atoms. The summed E-state index contributed by atoms with van der Waals surface area (Å²) in [6.07, 6.45) is 1.69. The van der Waals surface area contributed by atoms with Gasteiger partial charge in [0.25, 0.3) is 0 Å². The van der Waals surface area contributed by atoms with Gasteiger partial charge in [0.15, 0.2) is 5.82 Å². The number of hydrogen-bond acceptors (Lipinski definition) is 5. The van der Waals surface area contributed by atoms with Crippen molar-refractivity contribution in [3.8, 4) is 5.75 Å². The molecule has 3 rings (SSSR count). The Balaban J connectivity index is 1.52. The third kappa shape index (κ3) is 3.89. The normalized spacial score (nSPS) is 19.0. The molecule has 1 aliphatic rings. The van der Waals surface area contributed by atoms with Crippen molar-refractivity contribution in [1.82, 2.24) is 19.7 Å². The molecular weight excluding hydrogens is 292 g/mol. The van der Waals surface area contributed by atoms with Crippen molar-refractivity contribution >= 4 is 0 Å². The van der Waals surface area contributed by atoms with E-state index >= 15 is 0 Å². The first kappa shape index (κ1) is 16.0. The van der Waals surface area contributed by atoms with Crippen LogP contribution in [0.4, 0.5) is 0 Å². The van der Waals surface area contributed by atoms with Crippen LogP contribution in [-0.4, -0.2) is 52.5 Å². The fourth-order valence-corrected chi connectivity index (χ4v) is 2.79. The van der Waals surface area contributed by atoms with Gasteiger partial charge in [0, 0.05) is 26.7 Å². The summed E-state index contributed by atoms with van der Waals surface area (Å²) >= 11 is 0. The van der Waals surface area contributed by atoms with Gasteiger partial charge in [-0.25, -0.2) is 0 Å². The van der Waals surface area contributed by atoms with Gasteiger partial charge >= 0.3 is 0 Å². The highest BCUT2D eigenvalue weighted by Crippen LogP contribution is 2.21. The lowest BCUT2D eigenvalue weighted by molar-refractivity contribution is -0.0384. The maximum atomic E-state index is 5.95. The summed E-state index contributed by atoms with van der Waals surface area (Å²) in [4.78, 5) is 2.36. The lowest BCUT2D eigenvalue weighted by Gasteiger charge is -2.32. The number of aryl methyl sites for hydroxylation is 3. The minimum absolute atomic E-state index is 0.0167. The predicted octanol–water partition coefficient (Wildman–Crippen LogP) is 1.88. The van der Waals surface area contributed by atoms with Crippen molar-refractivity contribution in [3.05, 3.63) is 41.5 Å². The SMILES string of the molecule is Cc1ccc(C)c(OCCN2CCO[C@H](c3nncn3C)C2)c1. The zero-order valence-electron chi connectivity index (χ0n) is 14.0. The van der Waals surface area contributed by atoms with Crippen LogP contribution in [0.2, 0.25) is 0 Å². The van der Waals surface area contributed by atoms with Crippen molar-refractivity contribution in [3.63, 3.8) is 0 Å². The zero-order valence-corrected chi connectivity index (χ0v) is 14.0. The van der Waals surface area contributed by atoms with Gasteiger partial charge < -0.3 is 14.0 Å². The Labute approximate surface area is 137 Å². The summed E-state index contributed by atoms with van der Waals surface area (Å²) in [5.74, 6) is 1.85. The lowest BCUT2D eigenvalue weighted by Crippen LogP contribution is -2.41. The summed E-state index contributed by atoms with van der Waals surface area (Å²) in [5.41, 5.74) is 2.40. The summed E-state index contributed by atoms with van der Waals surface area (Å²) in [6, 6.07) is 6.30. The molecular formula is C17H24N4O2. The lowest BCUT2D eigenvalue weighted by atomic mass is 10.1. The molecule has 2 aromatic rings. The number of hydrogen-bond donors (Lipinski definition) is 0. The average Bonchev–Trinajstić information content (AvgIpc) is 2.97. The molecule has 0 N–H and O–H groups in total. The Morgan fingerprint density at radius 2 is 2.22 bits per heavy atom. The van der Waals surface area contributed by atoms with Crippen LogP contribution in [-0.2, 0) is 11.8 Å². The zero-order chi connectivity index (χ0) is 16.2. The molecule has 0 amide bonds. The van der Waals surface area contributed by atoms with E-state index in [-0.39, 0.29) is 6.10 Å².